The Labute approximate surface area is 126 Å². The SMILES string of the molecule is COc1ccc2cc(-c3ccccc3)n(CC(C)C)c2c1. The first kappa shape index (κ1) is 13.7. The average molecular weight is 279 g/mol. The standard InChI is InChI=1S/C19H21NO/c1-14(2)13-20-18(15-7-5-4-6-8-15)11-16-9-10-17(21-3)12-19(16)20/h4-12,14H,13H2,1-3H3. The summed E-state index contributed by atoms with van der Waals surface area (Å²) >= 11 is 0. The molecule has 2 nitrogen and oxygen atoms in total. The van der Waals surface area contributed by atoms with Crippen LogP contribution in [0.2, 0.25) is 0 Å². The minimum absolute atomic E-state index is 0.592. The molecule has 1 heterocycles. The number of methoxy groups -OCH3 is 1. The Morgan fingerprint density at radius 2 is 1.76 bits per heavy atom. The number of ether oxygens (including phenoxy) is 1. The quantitative estimate of drug-likeness (QED) is 0.657. The Hall–Kier alpha value is -2.22. The molecular formula is C19H21NO. The monoisotopic (exact) mass is 279 g/mol. The first-order chi connectivity index (χ1) is 10.2. The van der Waals surface area contributed by atoms with E-state index in [2.05, 4.69) is 66.9 Å². The number of nitrogens with zero attached hydrogens (tertiary/aromatic N) is 1. The van der Waals surface area contributed by atoms with E-state index in [1.54, 1.807) is 7.11 Å². The molecule has 0 aliphatic rings. The fourth-order valence-electron chi connectivity index (χ4n) is 2.77. The van der Waals surface area contributed by atoms with Crippen molar-refractivity contribution >= 4 is 10.9 Å². The molecule has 0 spiro atoms. The normalized spacial score (nSPS) is 11.2. The summed E-state index contributed by atoms with van der Waals surface area (Å²) in [6, 6.07) is 19.1. The maximum Gasteiger partial charge on any atom is 0.120 e. The van der Waals surface area contributed by atoms with Gasteiger partial charge in [-0.05, 0) is 29.7 Å². The van der Waals surface area contributed by atoms with Gasteiger partial charge in [-0.1, -0.05) is 44.2 Å². The minimum Gasteiger partial charge on any atom is -0.497 e. The van der Waals surface area contributed by atoms with Crippen LogP contribution in [0.3, 0.4) is 0 Å². The zero-order valence-corrected chi connectivity index (χ0v) is 12.8. The third-order valence-corrected chi connectivity index (χ3v) is 3.73. The molecule has 0 saturated heterocycles. The second kappa shape index (κ2) is 5.65. The second-order valence-electron chi connectivity index (χ2n) is 5.82. The van der Waals surface area contributed by atoms with Crippen LogP contribution in [0.4, 0.5) is 0 Å². The third kappa shape index (κ3) is 2.66. The molecule has 2 aromatic carbocycles. The van der Waals surface area contributed by atoms with Crippen molar-refractivity contribution in [1.82, 2.24) is 4.57 Å². The van der Waals surface area contributed by atoms with Gasteiger partial charge in [0, 0.05) is 23.7 Å². The zero-order valence-electron chi connectivity index (χ0n) is 12.8. The lowest BCUT2D eigenvalue weighted by Gasteiger charge is -2.14. The molecule has 0 amide bonds. The van der Waals surface area contributed by atoms with Crippen molar-refractivity contribution in [2.24, 2.45) is 5.92 Å². The first-order valence-electron chi connectivity index (χ1n) is 7.41. The summed E-state index contributed by atoms with van der Waals surface area (Å²) in [6.07, 6.45) is 0. The maximum absolute atomic E-state index is 5.38. The highest BCUT2D eigenvalue weighted by Gasteiger charge is 2.12. The molecule has 1 aromatic heterocycles. The Morgan fingerprint density at radius 1 is 1.00 bits per heavy atom. The lowest BCUT2D eigenvalue weighted by atomic mass is 10.1. The number of benzene rings is 2. The highest BCUT2D eigenvalue weighted by atomic mass is 16.5. The van der Waals surface area contributed by atoms with Crippen molar-refractivity contribution in [2.75, 3.05) is 7.11 Å². The smallest absolute Gasteiger partial charge is 0.120 e. The van der Waals surface area contributed by atoms with Gasteiger partial charge >= 0.3 is 0 Å². The number of fused-ring (bicyclic) bond motifs is 1. The van der Waals surface area contributed by atoms with Gasteiger partial charge in [-0.25, -0.2) is 0 Å². The molecule has 21 heavy (non-hydrogen) atoms. The molecule has 0 bridgehead atoms. The lowest BCUT2D eigenvalue weighted by molar-refractivity contribution is 0.415. The van der Waals surface area contributed by atoms with E-state index in [0.29, 0.717) is 5.92 Å². The summed E-state index contributed by atoms with van der Waals surface area (Å²) in [5.74, 6) is 1.50. The van der Waals surface area contributed by atoms with Gasteiger partial charge in [0.25, 0.3) is 0 Å². The van der Waals surface area contributed by atoms with E-state index in [1.165, 1.54) is 22.2 Å². The van der Waals surface area contributed by atoms with Crippen molar-refractivity contribution in [3.63, 3.8) is 0 Å². The van der Waals surface area contributed by atoms with E-state index in [4.69, 9.17) is 4.74 Å². The first-order valence-corrected chi connectivity index (χ1v) is 7.41. The van der Waals surface area contributed by atoms with E-state index in [0.717, 1.165) is 12.3 Å². The highest BCUT2D eigenvalue weighted by molar-refractivity contribution is 5.88. The summed E-state index contributed by atoms with van der Waals surface area (Å²) in [7, 11) is 1.72. The van der Waals surface area contributed by atoms with Crippen LogP contribution in [0.25, 0.3) is 22.2 Å². The second-order valence-corrected chi connectivity index (χ2v) is 5.82. The molecule has 0 aliphatic heterocycles. The predicted molar refractivity (Wildman–Crippen MR) is 88.8 cm³/mol. The third-order valence-electron chi connectivity index (χ3n) is 3.73. The molecule has 0 radical (unpaired) electrons. The van der Waals surface area contributed by atoms with Gasteiger partial charge < -0.3 is 9.30 Å². The topological polar surface area (TPSA) is 14.2 Å². The fraction of sp³-hybridized carbons (Fsp3) is 0.263. The fourth-order valence-corrected chi connectivity index (χ4v) is 2.77. The van der Waals surface area contributed by atoms with Crippen molar-refractivity contribution in [3.8, 4) is 17.0 Å². The lowest BCUT2D eigenvalue weighted by Crippen LogP contribution is -2.05. The number of hydrogen-bond donors (Lipinski definition) is 0. The van der Waals surface area contributed by atoms with Gasteiger partial charge in [0.05, 0.1) is 12.6 Å². The van der Waals surface area contributed by atoms with Crippen LogP contribution in [-0.2, 0) is 6.54 Å². The van der Waals surface area contributed by atoms with Gasteiger partial charge in [-0.2, -0.15) is 0 Å². The van der Waals surface area contributed by atoms with Crippen molar-refractivity contribution in [2.45, 2.75) is 20.4 Å². The van der Waals surface area contributed by atoms with Crippen LogP contribution >= 0.6 is 0 Å². The van der Waals surface area contributed by atoms with E-state index in [-0.39, 0.29) is 0 Å². The Kier molecular flexibility index (Phi) is 3.70. The van der Waals surface area contributed by atoms with E-state index in [1.807, 2.05) is 6.07 Å². The summed E-state index contributed by atoms with van der Waals surface area (Å²) < 4.78 is 7.78. The van der Waals surface area contributed by atoms with Crippen LogP contribution in [0.15, 0.2) is 54.6 Å². The molecule has 2 heteroatoms. The zero-order chi connectivity index (χ0) is 14.8. The Bertz CT molecular complexity index is 741. The van der Waals surface area contributed by atoms with Crippen LogP contribution < -0.4 is 4.74 Å². The van der Waals surface area contributed by atoms with E-state index >= 15 is 0 Å². The molecule has 0 N–H and O–H groups in total. The van der Waals surface area contributed by atoms with Gasteiger partial charge in [0.15, 0.2) is 0 Å². The molecule has 3 rings (SSSR count). The van der Waals surface area contributed by atoms with Crippen molar-refractivity contribution < 1.29 is 4.74 Å². The van der Waals surface area contributed by atoms with Crippen molar-refractivity contribution in [1.29, 1.82) is 0 Å². The largest absolute Gasteiger partial charge is 0.497 e. The molecule has 0 aliphatic carbocycles. The number of aromatic nitrogens is 1. The van der Waals surface area contributed by atoms with E-state index < -0.39 is 0 Å². The summed E-state index contributed by atoms with van der Waals surface area (Å²) in [5.41, 5.74) is 3.77. The molecule has 0 fully saturated rings. The Morgan fingerprint density at radius 3 is 2.43 bits per heavy atom. The van der Waals surface area contributed by atoms with Crippen molar-refractivity contribution in [3.05, 3.63) is 54.6 Å². The molecule has 108 valence electrons. The maximum atomic E-state index is 5.38. The molecule has 3 aromatic rings. The van der Waals surface area contributed by atoms with Gasteiger partial charge in [0.2, 0.25) is 0 Å². The van der Waals surface area contributed by atoms with Crippen LogP contribution in [-0.4, -0.2) is 11.7 Å². The van der Waals surface area contributed by atoms with Crippen LogP contribution in [0.5, 0.6) is 5.75 Å². The summed E-state index contributed by atoms with van der Waals surface area (Å²) in [5, 5.41) is 1.26. The van der Waals surface area contributed by atoms with Gasteiger partial charge in [-0.15, -0.1) is 0 Å². The molecular weight excluding hydrogens is 258 g/mol. The Balaban J connectivity index is 2.23. The highest BCUT2D eigenvalue weighted by Crippen LogP contribution is 2.31. The summed E-state index contributed by atoms with van der Waals surface area (Å²) in [6.45, 7) is 5.50. The van der Waals surface area contributed by atoms with Crippen LogP contribution in [0.1, 0.15) is 13.8 Å². The number of hydrogen-bond acceptors (Lipinski definition) is 1. The average Bonchev–Trinajstić information content (AvgIpc) is 2.85. The van der Waals surface area contributed by atoms with Gasteiger partial charge in [-0.3, -0.25) is 0 Å². The molecule has 0 saturated carbocycles. The van der Waals surface area contributed by atoms with Crippen LogP contribution in [0, 0.1) is 5.92 Å². The summed E-state index contributed by atoms with van der Waals surface area (Å²) in [4.78, 5) is 0. The van der Waals surface area contributed by atoms with E-state index in [9.17, 15) is 0 Å². The predicted octanol–water partition coefficient (Wildman–Crippen LogP) is 4.97. The van der Waals surface area contributed by atoms with Gasteiger partial charge in [0.1, 0.15) is 5.75 Å². The molecule has 0 atom stereocenters. The minimum atomic E-state index is 0.592. The molecule has 0 unspecified atom stereocenters. The number of rotatable bonds is 4.